The van der Waals surface area contributed by atoms with E-state index < -0.39 is 0 Å². The molecule has 0 radical (unpaired) electrons. The Morgan fingerprint density at radius 3 is 2.78 bits per heavy atom. The third-order valence-corrected chi connectivity index (χ3v) is 4.96. The number of hydrogen-bond acceptors (Lipinski definition) is 7. The summed E-state index contributed by atoms with van der Waals surface area (Å²) in [4.78, 5) is 16.0. The quantitative estimate of drug-likeness (QED) is 0.723. The van der Waals surface area contributed by atoms with Crippen molar-refractivity contribution in [2.45, 2.75) is 32.9 Å². The van der Waals surface area contributed by atoms with Gasteiger partial charge in [0, 0.05) is 26.3 Å². The lowest BCUT2D eigenvalue weighted by Gasteiger charge is -2.30. The minimum Gasteiger partial charge on any atom is -0.469 e. The fraction of sp³-hybridized carbons (Fsp3) is 0.867. The molecule has 1 aromatic rings. The number of aromatic nitrogens is 4. The molecule has 23 heavy (non-hydrogen) atoms. The van der Waals surface area contributed by atoms with E-state index in [0.29, 0.717) is 37.3 Å². The standard InChI is InChI=1S/C15H25N5O3/c1-3-20-17-14(16-18-20)10-19-8-12(11-4-6-23-7-5-11)13(9-19)15(21)22-2/h11-13H,3-10H2,1-2H3/t12-,13+/m1/s1. The molecule has 0 saturated carbocycles. The van der Waals surface area contributed by atoms with Crippen LogP contribution in [0, 0.1) is 17.8 Å². The number of aryl methyl sites for hydroxylation is 1. The number of likely N-dealkylation sites (tertiary alicyclic amines) is 1. The second-order valence-electron chi connectivity index (χ2n) is 6.33. The molecule has 8 heteroatoms. The molecule has 128 valence electrons. The van der Waals surface area contributed by atoms with Crippen LogP contribution in [0.4, 0.5) is 0 Å². The Hall–Kier alpha value is -1.54. The van der Waals surface area contributed by atoms with E-state index in [4.69, 9.17) is 9.47 Å². The average Bonchev–Trinajstić information content (AvgIpc) is 3.22. The van der Waals surface area contributed by atoms with E-state index in [0.717, 1.165) is 32.6 Å². The third kappa shape index (κ3) is 3.69. The third-order valence-electron chi connectivity index (χ3n) is 4.96. The van der Waals surface area contributed by atoms with Gasteiger partial charge >= 0.3 is 5.97 Å². The van der Waals surface area contributed by atoms with Crippen molar-refractivity contribution in [2.24, 2.45) is 17.8 Å². The van der Waals surface area contributed by atoms with Gasteiger partial charge in [-0.25, -0.2) is 0 Å². The number of carbonyl (C=O) groups is 1. The average molecular weight is 323 g/mol. The smallest absolute Gasteiger partial charge is 0.310 e. The number of esters is 1. The molecular formula is C15H25N5O3. The Kier molecular flexibility index (Phi) is 5.22. The van der Waals surface area contributed by atoms with Gasteiger partial charge in [0.05, 0.1) is 26.1 Å². The van der Waals surface area contributed by atoms with Gasteiger partial charge in [-0.05, 0) is 36.8 Å². The van der Waals surface area contributed by atoms with Crippen LogP contribution >= 0.6 is 0 Å². The molecule has 2 aliphatic heterocycles. The van der Waals surface area contributed by atoms with Gasteiger partial charge in [-0.1, -0.05) is 0 Å². The molecule has 1 aromatic heterocycles. The van der Waals surface area contributed by atoms with Gasteiger partial charge in [0.1, 0.15) is 0 Å². The summed E-state index contributed by atoms with van der Waals surface area (Å²) >= 11 is 0. The van der Waals surface area contributed by atoms with Crippen molar-refractivity contribution in [1.82, 2.24) is 25.1 Å². The largest absolute Gasteiger partial charge is 0.469 e. The first-order valence-electron chi connectivity index (χ1n) is 8.35. The number of methoxy groups -OCH3 is 1. The molecule has 0 spiro atoms. The second kappa shape index (κ2) is 7.35. The molecule has 2 fully saturated rings. The number of hydrogen-bond donors (Lipinski definition) is 0. The fourth-order valence-electron chi connectivity index (χ4n) is 3.74. The zero-order chi connectivity index (χ0) is 16.2. The van der Waals surface area contributed by atoms with Gasteiger partial charge in [0.2, 0.25) is 0 Å². The van der Waals surface area contributed by atoms with Gasteiger partial charge in [0.15, 0.2) is 5.82 Å². The highest BCUT2D eigenvalue weighted by Crippen LogP contribution is 2.36. The molecule has 2 atom stereocenters. The van der Waals surface area contributed by atoms with Crippen LogP contribution in [-0.4, -0.2) is 64.5 Å². The molecule has 0 aliphatic carbocycles. The summed E-state index contributed by atoms with van der Waals surface area (Å²) in [6.45, 7) is 6.49. The summed E-state index contributed by atoms with van der Waals surface area (Å²) in [6.07, 6.45) is 2.05. The van der Waals surface area contributed by atoms with E-state index in [1.807, 2.05) is 6.92 Å². The zero-order valence-corrected chi connectivity index (χ0v) is 13.8. The van der Waals surface area contributed by atoms with Gasteiger partial charge < -0.3 is 9.47 Å². The van der Waals surface area contributed by atoms with Crippen molar-refractivity contribution < 1.29 is 14.3 Å². The SMILES string of the molecule is CCn1nnc(CN2C[C@H](C(=O)OC)[C@@H](C3CCOCC3)C2)n1. The highest BCUT2D eigenvalue weighted by Gasteiger charge is 2.42. The number of ether oxygens (including phenoxy) is 2. The molecule has 2 aliphatic rings. The first-order valence-corrected chi connectivity index (χ1v) is 8.35. The van der Waals surface area contributed by atoms with E-state index in [-0.39, 0.29) is 11.9 Å². The number of rotatable bonds is 5. The Morgan fingerprint density at radius 2 is 2.13 bits per heavy atom. The van der Waals surface area contributed by atoms with E-state index in [1.165, 1.54) is 7.11 Å². The Balaban J connectivity index is 1.67. The van der Waals surface area contributed by atoms with Crippen LogP contribution < -0.4 is 0 Å². The Morgan fingerprint density at radius 1 is 1.35 bits per heavy atom. The summed E-state index contributed by atoms with van der Waals surface area (Å²) in [6, 6.07) is 0. The maximum Gasteiger partial charge on any atom is 0.310 e. The van der Waals surface area contributed by atoms with Gasteiger partial charge in [-0.2, -0.15) is 4.80 Å². The van der Waals surface area contributed by atoms with Crippen molar-refractivity contribution in [3.63, 3.8) is 0 Å². The van der Waals surface area contributed by atoms with Crippen LogP contribution in [-0.2, 0) is 27.4 Å². The lowest BCUT2D eigenvalue weighted by Crippen LogP contribution is -2.32. The second-order valence-corrected chi connectivity index (χ2v) is 6.33. The Labute approximate surface area is 136 Å². The molecule has 3 rings (SSSR count). The lowest BCUT2D eigenvalue weighted by atomic mass is 9.79. The van der Waals surface area contributed by atoms with Crippen molar-refractivity contribution >= 4 is 5.97 Å². The number of carbonyl (C=O) groups excluding carboxylic acids is 1. The number of tetrazole rings is 1. The van der Waals surface area contributed by atoms with Gasteiger partial charge in [-0.15, -0.1) is 10.2 Å². The van der Waals surface area contributed by atoms with E-state index in [9.17, 15) is 4.79 Å². The van der Waals surface area contributed by atoms with Crippen LogP contribution in [0.25, 0.3) is 0 Å². The van der Waals surface area contributed by atoms with E-state index in [2.05, 4.69) is 20.3 Å². The minimum absolute atomic E-state index is 0.0654. The molecule has 0 aromatic carbocycles. The topological polar surface area (TPSA) is 82.4 Å². The molecule has 3 heterocycles. The fourth-order valence-corrected chi connectivity index (χ4v) is 3.74. The molecule has 0 N–H and O–H groups in total. The van der Waals surface area contributed by atoms with Crippen molar-refractivity contribution in [2.75, 3.05) is 33.4 Å². The van der Waals surface area contributed by atoms with Crippen LogP contribution in [0.3, 0.4) is 0 Å². The molecule has 2 saturated heterocycles. The first kappa shape index (κ1) is 16.3. The molecule has 0 unspecified atom stereocenters. The maximum absolute atomic E-state index is 12.2. The minimum atomic E-state index is -0.103. The Bertz CT molecular complexity index is 529. The van der Waals surface area contributed by atoms with E-state index in [1.54, 1.807) is 4.80 Å². The van der Waals surface area contributed by atoms with Gasteiger partial charge in [0.25, 0.3) is 0 Å². The highest BCUT2D eigenvalue weighted by molar-refractivity contribution is 5.73. The zero-order valence-electron chi connectivity index (χ0n) is 13.8. The molecule has 0 bridgehead atoms. The normalized spacial score (nSPS) is 26.5. The van der Waals surface area contributed by atoms with Crippen LogP contribution in [0.15, 0.2) is 0 Å². The highest BCUT2D eigenvalue weighted by atomic mass is 16.5. The summed E-state index contributed by atoms with van der Waals surface area (Å²) in [5.41, 5.74) is 0. The predicted molar refractivity (Wildman–Crippen MR) is 81.3 cm³/mol. The summed E-state index contributed by atoms with van der Waals surface area (Å²) in [5.74, 6) is 1.39. The summed E-state index contributed by atoms with van der Waals surface area (Å²) in [5, 5.41) is 12.4. The number of nitrogens with zero attached hydrogens (tertiary/aromatic N) is 5. The summed E-state index contributed by atoms with van der Waals surface area (Å²) in [7, 11) is 1.47. The predicted octanol–water partition coefficient (Wildman–Crippen LogP) is 0.341. The molecular weight excluding hydrogens is 298 g/mol. The monoisotopic (exact) mass is 323 g/mol. The summed E-state index contributed by atoms with van der Waals surface area (Å²) < 4.78 is 10.5. The van der Waals surface area contributed by atoms with Crippen molar-refractivity contribution in [3.8, 4) is 0 Å². The van der Waals surface area contributed by atoms with Gasteiger partial charge in [-0.3, -0.25) is 9.69 Å². The molecule has 8 nitrogen and oxygen atoms in total. The first-order chi connectivity index (χ1) is 11.2. The van der Waals surface area contributed by atoms with Crippen LogP contribution in [0.1, 0.15) is 25.6 Å². The maximum atomic E-state index is 12.2. The van der Waals surface area contributed by atoms with Crippen molar-refractivity contribution in [1.29, 1.82) is 0 Å². The van der Waals surface area contributed by atoms with E-state index >= 15 is 0 Å². The van der Waals surface area contributed by atoms with Crippen molar-refractivity contribution in [3.05, 3.63) is 5.82 Å². The lowest BCUT2D eigenvalue weighted by molar-refractivity contribution is -0.147. The van der Waals surface area contributed by atoms with Crippen LogP contribution in [0.2, 0.25) is 0 Å². The molecule has 0 amide bonds. The van der Waals surface area contributed by atoms with Crippen LogP contribution in [0.5, 0.6) is 0 Å².